The SMILES string of the molecule is Cc1ccc(F)c(C(=O)Nc2cccc(COc3cc(Cl)cnc3N)c2)c1. The second kappa shape index (κ2) is 8.05. The van der Waals surface area contributed by atoms with Crippen molar-refractivity contribution in [3.05, 3.63) is 82.3 Å². The molecule has 0 aliphatic carbocycles. The van der Waals surface area contributed by atoms with Gasteiger partial charge in [-0.05, 0) is 36.8 Å². The molecule has 3 rings (SSSR count). The van der Waals surface area contributed by atoms with Crippen LogP contribution in [-0.4, -0.2) is 10.9 Å². The lowest BCUT2D eigenvalue weighted by molar-refractivity contribution is 0.102. The van der Waals surface area contributed by atoms with Gasteiger partial charge < -0.3 is 15.8 Å². The largest absolute Gasteiger partial charge is 0.485 e. The number of hydrogen-bond acceptors (Lipinski definition) is 4. The van der Waals surface area contributed by atoms with Gasteiger partial charge >= 0.3 is 0 Å². The maximum atomic E-state index is 13.9. The van der Waals surface area contributed by atoms with Crippen molar-refractivity contribution in [3.63, 3.8) is 0 Å². The van der Waals surface area contributed by atoms with Gasteiger partial charge in [0.15, 0.2) is 11.6 Å². The van der Waals surface area contributed by atoms with E-state index in [2.05, 4.69) is 10.3 Å². The number of halogens is 2. The van der Waals surface area contributed by atoms with E-state index in [0.29, 0.717) is 16.5 Å². The van der Waals surface area contributed by atoms with Crippen molar-refractivity contribution in [1.82, 2.24) is 4.98 Å². The summed E-state index contributed by atoms with van der Waals surface area (Å²) in [6.45, 7) is 2.00. The number of nitrogen functional groups attached to an aromatic ring is 1. The Hall–Kier alpha value is -3.12. The lowest BCUT2D eigenvalue weighted by atomic mass is 10.1. The number of anilines is 2. The fourth-order valence-corrected chi connectivity index (χ4v) is 2.61. The molecule has 3 N–H and O–H groups in total. The Bertz CT molecular complexity index is 995. The number of nitrogens with two attached hydrogens (primary N) is 1. The first-order valence-electron chi connectivity index (χ1n) is 8.12. The molecule has 1 heterocycles. The van der Waals surface area contributed by atoms with E-state index >= 15 is 0 Å². The van der Waals surface area contributed by atoms with Crippen LogP contribution in [0.5, 0.6) is 5.75 Å². The normalized spacial score (nSPS) is 10.5. The van der Waals surface area contributed by atoms with Crippen LogP contribution in [0.3, 0.4) is 0 Å². The molecule has 138 valence electrons. The van der Waals surface area contributed by atoms with E-state index in [1.165, 1.54) is 18.3 Å². The lowest BCUT2D eigenvalue weighted by Crippen LogP contribution is -2.14. The molecule has 0 saturated carbocycles. The van der Waals surface area contributed by atoms with Gasteiger partial charge in [0, 0.05) is 18.0 Å². The van der Waals surface area contributed by atoms with Gasteiger partial charge in [-0.1, -0.05) is 35.4 Å². The maximum absolute atomic E-state index is 13.9. The topological polar surface area (TPSA) is 77.2 Å². The minimum Gasteiger partial charge on any atom is -0.485 e. The van der Waals surface area contributed by atoms with Crippen LogP contribution in [0.15, 0.2) is 54.7 Å². The third-order valence-corrected chi connectivity index (χ3v) is 4.00. The van der Waals surface area contributed by atoms with Gasteiger partial charge in [-0.15, -0.1) is 0 Å². The number of ether oxygens (including phenoxy) is 1. The number of benzene rings is 2. The van der Waals surface area contributed by atoms with Crippen LogP contribution in [0.2, 0.25) is 5.02 Å². The second-order valence-corrected chi connectivity index (χ2v) is 6.40. The van der Waals surface area contributed by atoms with E-state index in [1.807, 2.05) is 6.07 Å². The number of nitrogens with zero attached hydrogens (tertiary/aromatic N) is 1. The smallest absolute Gasteiger partial charge is 0.258 e. The fraction of sp³-hybridized carbons (Fsp3) is 0.100. The van der Waals surface area contributed by atoms with Crippen LogP contribution >= 0.6 is 11.6 Å². The Morgan fingerprint density at radius 2 is 2.07 bits per heavy atom. The number of pyridine rings is 1. The van der Waals surface area contributed by atoms with E-state index in [1.54, 1.807) is 37.3 Å². The molecule has 0 aliphatic rings. The van der Waals surface area contributed by atoms with Crippen LogP contribution in [-0.2, 0) is 6.61 Å². The summed E-state index contributed by atoms with van der Waals surface area (Å²) in [5, 5.41) is 3.11. The van der Waals surface area contributed by atoms with Gasteiger partial charge in [-0.25, -0.2) is 9.37 Å². The summed E-state index contributed by atoms with van der Waals surface area (Å²) >= 11 is 5.89. The molecule has 5 nitrogen and oxygen atoms in total. The predicted octanol–water partition coefficient (Wildman–Crippen LogP) is 4.60. The van der Waals surface area contributed by atoms with E-state index in [0.717, 1.165) is 11.1 Å². The Balaban J connectivity index is 1.71. The van der Waals surface area contributed by atoms with Crippen molar-refractivity contribution in [1.29, 1.82) is 0 Å². The number of nitrogens with one attached hydrogen (secondary N) is 1. The zero-order valence-corrected chi connectivity index (χ0v) is 15.3. The summed E-state index contributed by atoms with van der Waals surface area (Å²) in [7, 11) is 0. The number of carbonyl (C=O) groups is 1. The summed E-state index contributed by atoms with van der Waals surface area (Å²) in [6, 6.07) is 13.0. The van der Waals surface area contributed by atoms with E-state index in [9.17, 15) is 9.18 Å². The molecule has 3 aromatic rings. The first kappa shape index (κ1) is 18.7. The summed E-state index contributed by atoms with van der Waals surface area (Å²) in [5.41, 5.74) is 7.87. The molecule has 0 saturated heterocycles. The van der Waals surface area contributed by atoms with Crippen LogP contribution < -0.4 is 15.8 Å². The van der Waals surface area contributed by atoms with E-state index < -0.39 is 11.7 Å². The summed E-state index contributed by atoms with van der Waals surface area (Å²) < 4.78 is 19.5. The third kappa shape index (κ3) is 4.74. The molecule has 1 amide bonds. The van der Waals surface area contributed by atoms with Gasteiger partial charge in [0.25, 0.3) is 5.91 Å². The zero-order valence-electron chi connectivity index (χ0n) is 14.5. The number of aryl methyl sites for hydroxylation is 1. The summed E-state index contributed by atoms with van der Waals surface area (Å²) in [6.07, 6.45) is 1.43. The molecular weight excluding hydrogens is 369 g/mol. The number of amides is 1. The zero-order chi connectivity index (χ0) is 19.4. The van der Waals surface area contributed by atoms with Crippen LogP contribution in [0.1, 0.15) is 21.5 Å². The molecule has 0 bridgehead atoms. The quantitative estimate of drug-likeness (QED) is 0.673. The van der Waals surface area contributed by atoms with Crippen LogP contribution in [0, 0.1) is 12.7 Å². The van der Waals surface area contributed by atoms with Crippen LogP contribution in [0.4, 0.5) is 15.9 Å². The lowest BCUT2D eigenvalue weighted by Gasteiger charge is -2.11. The average molecular weight is 386 g/mol. The molecule has 0 fully saturated rings. The molecule has 1 aromatic heterocycles. The minimum absolute atomic E-state index is 0.00516. The standard InChI is InChI=1S/C20H17ClFN3O2/c1-12-5-6-17(22)16(7-12)20(26)25-15-4-2-3-13(8-15)11-27-18-9-14(21)10-24-19(18)23/h2-10H,11H2,1H3,(H2,23,24)(H,25,26). The maximum Gasteiger partial charge on any atom is 0.258 e. The van der Waals surface area contributed by atoms with Gasteiger partial charge in [-0.2, -0.15) is 0 Å². The highest BCUT2D eigenvalue weighted by molar-refractivity contribution is 6.30. The average Bonchev–Trinajstić information content (AvgIpc) is 2.64. The van der Waals surface area contributed by atoms with Gasteiger partial charge in [0.2, 0.25) is 0 Å². The number of aromatic nitrogens is 1. The summed E-state index contributed by atoms with van der Waals surface area (Å²) in [4.78, 5) is 16.3. The summed E-state index contributed by atoms with van der Waals surface area (Å²) in [5.74, 6) is -0.475. The van der Waals surface area contributed by atoms with Crippen molar-refractivity contribution in [2.75, 3.05) is 11.1 Å². The van der Waals surface area contributed by atoms with E-state index in [4.69, 9.17) is 22.1 Å². The molecule has 0 unspecified atom stereocenters. The number of hydrogen-bond donors (Lipinski definition) is 2. The highest BCUT2D eigenvalue weighted by atomic mass is 35.5. The van der Waals surface area contributed by atoms with Crippen molar-refractivity contribution < 1.29 is 13.9 Å². The highest BCUT2D eigenvalue weighted by Crippen LogP contribution is 2.24. The molecule has 2 aromatic carbocycles. The Morgan fingerprint density at radius 3 is 2.89 bits per heavy atom. The first-order valence-corrected chi connectivity index (χ1v) is 8.50. The first-order chi connectivity index (χ1) is 12.9. The fourth-order valence-electron chi connectivity index (χ4n) is 2.46. The molecular formula is C20H17ClFN3O2. The van der Waals surface area contributed by atoms with Crippen LogP contribution in [0.25, 0.3) is 0 Å². The van der Waals surface area contributed by atoms with Gasteiger partial charge in [-0.3, -0.25) is 4.79 Å². The Labute approximate surface area is 160 Å². The van der Waals surface area contributed by atoms with Gasteiger partial charge in [0.05, 0.1) is 10.6 Å². The van der Waals surface area contributed by atoms with Crippen molar-refractivity contribution in [2.45, 2.75) is 13.5 Å². The second-order valence-electron chi connectivity index (χ2n) is 5.96. The number of rotatable bonds is 5. The van der Waals surface area contributed by atoms with Gasteiger partial charge in [0.1, 0.15) is 12.4 Å². The molecule has 0 spiro atoms. The third-order valence-electron chi connectivity index (χ3n) is 3.79. The molecule has 0 atom stereocenters. The van der Waals surface area contributed by atoms with Crippen molar-refractivity contribution in [3.8, 4) is 5.75 Å². The van der Waals surface area contributed by atoms with Crippen molar-refractivity contribution in [2.24, 2.45) is 0 Å². The Kier molecular flexibility index (Phi) is 5.57. The van der Waals surface area contributed by atoms with Crippen molar-refractivity contribution >= 4 is 29.0 Å². The monoisotopic (exact) mass is 385 g/mol. The minimum atomic E-state index is -0.568. The Morgan fingerprint density at radius 1 is 1.26 bits per heavy atom. The molecule has 27 heavy (non-hydrogen) atoms. The highest BCUT2D eigenvalue weighted by Gasteiger charge is 2.12. The molecule has 0 radical (unpaired) electrons. The molecule has 7 heteroatoms. The predicted molar refractivity (Wildman–Crippen MR) is 104 cm³/mol. The number of carbonyl (C=O) groups excluding carboxylic acids is 1. The molecule has 0 aliphatic heterocycles. The van der Waals surface area contributed by atoms with E-state index in [-0.39, 0.29) is 18.0 Å².